The highest BCUT2D eigenvalue weighted by Gasteiger charge is 2.26. The van der Waals surface area contributed by atoms with Crippen LogP contribution < -0.4 is 10.2 Å². The van der Waals surface area contributed by atoms with Crippen LogP contribution in [0.15, 0.2) is 47.1 Å². The van der Waals surface area contributed by atoms with Crippen molar-refractivity contribution in [2.75, 3.05) is 30.4 Å². The molecule has 0 unspecified atom stereocenters. The minimum absolute atomic E-state index is 0.0841. The lowest BCUT2D eigenvalue weighted by Crippen LogP contribution is -2.45. The van der Waals surface area contributed by atoms with Crippen LogP contribution in [0.3, 0.4) is 0 Å². The summed E-state index contributed by atoms with van der Waals surface area (Å²) >= 11 is 3.39. The molecule has 2 aromatic rings. The van der Waals surface area contributed by atoms with Crippen LogP contribution in [0, 0.1) is 0 Å². The molecule has 1 fully saturated rings. The van der Waals surface area contributed by atoms with E-state index in [-0.39, 0.29) is 17.9 Å². The molecule has 0 aliphatic carbocycles. The summed E-state index contributed by atoms with van der Waals surface area (Å²) in [7, 11) is 1.85. The Kier molecular flexibility index (Phi) is 6.11. The lowest BCUT2D eigenvalue weighted by Gasteiger charge is -2.37. The maximum absolute atomic E-state index is 12.8. The monoisotopic (exact) mass is 430 g/mol. The van der Waals surface area contributed by atoms with Crippen LogP contribution in [0.25, 0.3) is 0 Å². The first kappa shape index (κ1) is 19.4. The average molecular weight is 431 g/mol. The third-order valence-corrected chi connectivity index (χ3v) is 5.47. The third kappa shape index (κ3) is 4.66. The maximum Gasteiger partial charge on any atom is 0.259 e. The summed E-state index contributed by atoms with van der Waals surface area (Å²) in [6.45, 7) is 3.12. The molecule has 142 valence electrons. The van der Waals surface area contributed by atoms with Crippen molar-refractivity contribution in [1.82, 2.24) is 9.88 Å². The Morgan fingerprint density at radius 1 is 1.19 bits per heavy atom. The molecule has 2 heterocycles. The molecule has 27 heavy (non-hydrogen) atoms. The van der Waals surface area contributed by atoms with E-state index in [1.54, 1.807) is 30.2 Å². The van der Waals surface area contributed by atoms with Gasteiger partial charge in [-0.3, -0.25) is 9.59 Å². The van der Waals surface area contributed by atoms with E-state index >= 15 is 0 Å². The summed E-state index contributed by atoms with van der Waals surface area (Å²) in [6.07, 6.45) is 3.43. The highest BCUT2D eigenvalue weighted by Crippen LogP contribution is 2.25. The smallest absolute Gasteiger partial charge is 0.259 e. The van der Waals surface area contributed by atoms with E-state index in [1.807, 2.05) is 31.3 Å². The Morgan fingerprint density at radius 2 is 1.85 bits per heavy atom. The fourth-order valence-corrected chi connectivity index (χ4v) is 3.54. The fourth-order valence-electron chi connectivity index (χ4n) is 3.28. The summed E-state index contributed by atoms with van der Waals surface area (Å²) in [5.41, 5.74) is 1.29. The van der Waals surface area contributed by atoms with Crippen molar-refractivity contribution in [3.63, 3.8) is 0 Å². The highest BCUT2D eigenvalue weighted by molar-refractivity contribution is 9.10. The summed E-state index contributed by atoms with van der Waals surface area (Å²) in [5, 5.41) is 2.93. The Labute approximate surface area is 167 Å². The molecule has 0 atom stereocenters. The Hall–Kier alpha value is -2.41. The van der Waals surface area contributed by atoms with Crippen LogP contribution in [-0.4, -0.2) is 47.9 Å². The second-order valence-electron chi connectivity index (χ2n) is 6.68. The standard InChI is InChI=1S/C20H23BrN4O2/c1-14(26)24(2)17-9-12-25(13-10-17)19-18(4-3-11-22-19)20(27)23-16-7-5-15(21)6-8-16/h3-8,11,17H,9-10,12-13H2,1-2H3,(H,23,27). The van der Waals surface area contributed by atoms with Crippen molar-refractivity contribution in [2.24, 2.45) is 0 Å². The van der Waals surface area contributed by atoms with Gasteiger partial charge in [-0.15, -0.1) is 0 Å². The van der Waals surface area contributed by atoms with Gasteiger partial charge in [-0.25, -0.2) is 4.98 Å². The Bertz CT molecular complexity index is 817. The first-order chi connectivity index (χ1) is 13.0. The van der Waals surface area contributed by atoms with Crippen LogP contribution in [0.1, 0.15) is 30.1 Å². The van der Waals surface area contributed by atoms with Gasteiger partial charge < -0.3 is 15.1 Å². The zero-order valence-electron chi connectivity index (χ0n) is 15.5. The highest BCUT2D eigenvalue weighted by atomic mass is 79.9. The lowest BCUT2D eigenvalue weighted by molar-refractivity contribution is -0.129. The zero-order chi connectivity index (χ0) is 19.4. The Balaban J connectivity index is 1.72. The largest absolute Gasteiger partial charge is 0.356 e. The van der Waals surface area contributed by atoms with E-state index < -0.39 is 0 Å². The van der Waals surface area contributed by atoms with Gasteiger partial charge in [0, 0.05) is 49.5 Å². The number of hydrogen-bond acceptors (Lipinski definition) is 4. The van der Waals surface area contributed by atoms with Crippen LogP contribution in [0.5, 0.6) is 0 Å². The molecule has 7 heteroatoms. The Morgan fingerprint density at radius 3 is 2.48 bits per heavy atom. The van der Waals surface area contributed by atoms with Crippen LogP contribution in [0.4, 0.5) is 11.5 Å². The van der Waals surface area contributed by atoms with Crippen molar-refractivity contribution >= 4 is 39.2 Å². The van der Waals surface area contributed by atoms with Crippen molar-refractivity contribution < 1.29 is 9.59 Å². The van der Waals surface area contributed by atoms with E-state index in [9.17, 15) is 9.59 Å². The predicted octanol–water partition coefficient (Wildman–Crippen LogP) is 3.54. The lowest BCUT2D eigenvalue weighted by atomic mass is 10.0. The fraction of sp³-hybridized carbons (Fsp3) is 0.350. The van der Waals surface area contributed by atoms with Crippen LogP contribution in [-0.2, 0) is 4.79 Å². The molecule has 2 amide bonds. The molecule has 3 rings (SSSR count). The molecule has 1 aromatic heterocycles. The van der Waals surface area contributed by atoms with Crippen LogP contribution >= 0.6 is 15.9 Å². The van der Waals surface area contributed by atoms with Crippen molar-refractivity contribution in [3.8, 4) is 0 Å². The quantitative estimate of drug-likeness (QED) is 0.805. The minimum Gasteiger partial charge on any atom is -0.356 e. The molecule has 1 N–H and O–H groups in total. The molecule has 1 saturated heterocycles. The molecule has 1 aliphatic heterocycles. The topological polar surface area (TPSA) is 65.5 Å². The number of piperidine rings is 1. The van der Waals surface area contributed by atoms with E-state index in [1.165, 1.54) is 0 Å². The number of halogens is 1. The number of rotatable bonds is 4. The van der Waals surface area contributed by atoms with Gasteiger partial charge in [0.1, 0.15) is 5.82 Å². The number of pyridine rings is 1. The predicted molar refractivity (Wildman–Crippen MR) is 110 cm³/mol. The molecule has 1 aromatic carbocycles. The molecular weight excluding hydrogens is 408 g/mol. The van der Waals surface area contributed by atoms with Gasteiger partial charge in [0.25, 0.3) is 5.91 Å². The minimum atomic E-state index is -0.177. The number of carbonyl (C=O) groups excluding carboxylic acids is 2. The van der Waals surface area contributed by atoms with Gasteiger partial charge in [0.2, 0.25) is 5.91 Å². The number of aromatic nitrogens is 1. The van der Waals surface area contributed by atoms with E-state index in [0.29, 0.717) is 11.4 Å². The van der Waals surface area contributed by atoms with Gasteiger partial charge in [-0.2, -0.15) is 0 Å². The number of benzene rings is 1. The number of nitrogens with one attached hydrogen (secondary N) is 1. The second kappa shape index (κ2) is 8.52. The molecule has 1 aliphatic rings. The molecule has 0 saturated carbocycles. The normalized spacial score (nSPS) is 14.7. The summed E-state index contributed by atoms with van der Waals surface area (Å²) < 4.78 is 0.959. The van der Waals surface area contributed by atoms with Gasteiger partial charge in [0.05, 0.1) is 5.56 Å². The number of amides is 2. The van der Waals surface area contributed by atoms with Gasteiger partial charge >= 0.3 is 0 Å². The molecule has 0 spiro atoms. The number of nitrogens with zero attached hydrogens (tertiary/aromatic N) is 3. The molecular formula is C20H23BrN4O2. The molecule has 6 nitrogen and oxygen atoms in total. The van der Waals surface area contributed by atoms with Gasteiger partial charge in [0.15, 0.2) is 0 Å². The van der Waals surface area contributed by atoms with E-state index in [2.05, 4.69) is 31.1 Å². The third-order valence-electron chi connectivity index (χ3n) is 4.94. The van der Waals surface area contributed by atoms with Crippen molar-refractivity contribution in [2.45, 2.75) is 25.8 Å². The molecule has 0 bridgehead atoms. The zero-order valence-corrected chi connectivity index (χ0v) is 17.1. The summed E-state index contributed by atoms with van der Waals surface area (Å²) in [5.74, 6) is 0.597. The number of carbonyl (C=O) groups is 2. The van der Waals surface area contributed by atoms with Gasteiger partial charge in [-0.1, -0.05) is 15.9 Å². The van der Waals surface area contributed by atoms with Crippen molar-refractivity contribution in [1.29, 1.82) is 0 Å². The average Bonchev–Trinajstić information content (AvgIpc) is 2.69. The van der Waals surface area contributed by atoms with E-state index in [0.717, 1.165) is 36.1 Å². The van der Waals surface area contributed by atoms with E-state index in [4.69, 9.17) is 0 Å². The first-order valence-electron chi connectivity index (χ1n) is 8.96. The van der Waals surface area contributed by atoms with Crippen LogP contribution in [0.2, 0.25) is 0 Å². The maximum atomic E-state index is 12.8. The number of hydrogen-bond donors (Lipinski definition) is 1. The number of anilines is 2. The van der Waals surface area contributed by atoms with Gasteiger partial charge in [-0.05, 0) is 49.2 Å². The van der Waals surface area contributed by atoms with Crippen molar-refractivity contribution in [3.05, 3.63) is 52.6 Å². The summed E-state index contributed by atoms with van der Waals surface area (Å²) in [6, 6.07) is 11.3. The SMILES string of the molecule is CC(=O)N(C)C1CCN(c2ncccc2C(=O)Nc2ccc(Br)cc2)CC1. The second-order valence-corrected chi connectivity index (χ2v) is 7.60. The molecule has 0 radical (unpaired) electrons. The first-order valence-corrected chi connectivity index (χ1v) is 9.75. The summed E-state index contributed by atoms with van der Waals surface area (Å²) in [4.78, 5) is 32.7.